The average molecular weight is 430 g/mol. The second kappa shape index (κ2) is 12.0. The number of para-hydroxylation sites is 2. The summed E-state index contributed by atoms with van der Waals surface area (Å²) in [5, 5.41) is 8.80. The fourth-order valence-electron chi connectivity index (χ4n) is 3.02. The molecule has 3 N–H and O–H groups in total. The van der Waals surface area contributed by atoms with Crippen molar-refractivity contribution in [3.63, 3.8) is 0 Å². The summed E-state index contributed by atoms with van der Waals surface area (Å²) in [6.45, 7) is 4.08. The molecule has 0 aliphatic heterocycles. The van der Waals surface area contributed by atoms with Crippen LogP contribution in [0.1, 0.15) is 12.0 Å². The molecule has 3 aromatic carbocycles. The van der Waals surface area contributed by atoms with E-state index < -0.39 is 0 Å². The molecule has 0 bridgehead atoms. The van der Waals surface area contributed by atoms with Crippen LogP contribution in [-0.4, -0.2) is 25.0 Å². The normalized spacial score (nSPS) is 10.1. The van der Waals surface area contributed by atoms with Gasteiger partial charge in [0.2, 0.25) is 11.8 Å². The lowest BCUT2D eigenvalue weighted by Gasteiger charge is -2.12. The van der Waals surface area contributed by atoms with Crippen molar-refractivity contribution in [2.45, 2.75) is 12.8 Å². The quantitative estimate of drug-likeness (QED) is 0.380. The lowest BCUT2D eigenvalue weighted by atomic mass is 10.1. The second-order valence-electron chi connectivity index (χ2n) is 7.11. The maximum Gasteiger partial charge on any atom is 0.243 e. The zero-order valence-corrected chi connectivity index (χ0v) is 17.8. The van der Waals surface area contributed by atoms with Crippen LogP contribution in [0.2, 0.25) is 0 Å². The van der Waals surface area contributed by atoms with Gasteiger partial charge in [0.05, 0.1) is 12.2 Å². The first-order valence-electron chi connectivity index (χ1n) is 10.4. The van der Waals surface area contributed by atoms with Gasteiger partial charge >= 0.3 is 0 Å². The largest absolute Gasteiger partial charge is 0.487 e. The monoisotopic (exact) mass is 429 g/mol. The van der Waals surface area contributed by atoms with E-state index in [9.17, 15) is 9.59 Å². The Morgan fingerprint density at radius 2 is 1.50 bits per heavy atom. The average Bonchev–Trinajstić information content (AvgIpc) is 2.82. The number of amides is 2. The van der Waals surface area contributed by atoms with E-state index in [1.54, 1.807) is 30.3 Å². The lowest BCUT2D eigenvalue weighted by Crippen LogP contribution is -2.22. The maximum atomic E-state index is 12.3. The Morgan fingerprint density at radius 3 is 2.25 bits per heavy atom. The van der Waals surface area contributed by atoms with Crippen molar-refractivity contribution in [2.75, 3.05) is 29.1 Å². The highest BCUT2D eigenvalue weighted by atomic mass is 16.5. The van der Waals surface area contributed by atoms with Crippen molar-refractivity contribution >= 4 is 28.9 Å². The third-order valence-electron chi connectivity index (χ3n) is 4.62. The van der Waals surface area contributed by atoms with Crippen LogP contribution in [0.5, 0.6) is 5.75 Å². The minimum absolute atomic E-state index is 0.0359. The summed E-state index contributed by atoms with van der Waals surface area (Å²) >= 11 is 0. The van der Waals surface area contributed by atoms with Crippen LogP contribution in [0.4, 0.5) is 17.1 Å². The Bertz CT molecular complexity index is 1030. The first-order valence-corrected chi connectivity index (χ1v) is 10.4. The lowest BCUT2D eigenvalue weighted by molar-refractivity contribution is -0.116. The van der Waals surface area contributed by atoms with Crippen LogP contribution in [0.15, 0.2) is 91.5 Å². The topological polar surface area (TPSA) is 79.5 Å². The standard InChI is InChI=1S/C26H27N3O3/c1-2-18-32-24-11-7-6-10-23(24)29-26(31)19-27-21-13-15-22(16-14-21)28-25(30)17-12-20-8-4-3-5-9-20/h2-11,13-16,27H,1,12,17-19H2,(H,28,30)(H,29,31). The Labute approximate surface area is 188 Å². The van der Waals surface area contributed by atoms with Gasteiger partial charge in [0.15, 0.2) is 0 Å². The number of ether oxygens (including phenoxy) is 1. The third-order valence-corrected chi connectivity index (χ3v) is 4.62. The highest BCUT2D eigenvalue weighted by molar-refractivity contribution is 5.95. The van der Waals surface area contributed by atoms with E-state index in [4.69, 9.17) is 4.74 Å². The van der Waals surface area contributed by atoms with Gasteiger partial charge < -0.3 is 20.7 Å². The first kappa shape index (κ1) is 22.6. The predicted molar refractivity (Wildman–Crippen MR) is 129 cm³/mol. The summed E-state index contributed by atoms with van der Waals surface area (Å²) in [5.74, 6) is 0.359. The molecule has 0 fully saturated rings. The third kappa shape index (κ3) is 7.32. The molecule has 0 spiro atoms. The van der Waals surface area contributed by atoms with Gasteiger partial charge in [-0.3, -0.25) is 9.59 Å². The number of aryl methyl sites for hydroxylation is 1. The van der Waals surface area contributed by atoms with Gasteiger partial charge in [0, 0.05) is 17.8 Å². The van der Waals surface area contributed by atoms with Crippen molar-refractivity contribution in [1.29, 1.82) is 0 Å². The fourth-order valence-corrected chi connectivity index (χ4v) is 3.02. The first-order chi connectivity index (χ1) is 15.6. The van der Waals surface area contributed by atoms with E-state index >= 15 is 0 Å². The number of carbonyl (C=O) groups is 2. The van der Waals surface area contributed by atoms with Gasteiger partial charge in [-0.25, -0.2) is 0 Å². The molecule has 0 aliphatic carbocycles. The molecule has 0 atom stereocenters. The van der Waals surface area contributed by atoms with E-state index in [1.165, 1.54) is 0 Å². The summed E-state index contributed by atoms with van der Waals surface area (Å²) in [6, 6.07) is 24.4. The Balaban J connectivity index is 1.44. The number of benzene rings is 3. The van der Waals surface area contributed by atoms with Crippen LogP contribution >= 0.6 is 0 Å². The minimum atomic E-state index is -0.196. The van der Waals surface area contributed by atoms with Crippen LogP contribution in [0, 0.1) is 0 Å². The van der Waals surface area contributed by atoms with Crippen molar-refractivity contribution in [2.24, 2.45) is 0 Å². The van der Waals surface area contributed by atoms with E-state index in [0.29, 0.717) is 36.6 Å². The number of carbonyl (C=O) groups excluding carboxylic acids is 2. The summed E-state index contributed by atoms with van der Waals surface area (Å²) in [6.07, 6.45) is 2.76. The van der Waals surface area contributed by atoms with Crippen molar-refractivity contribution < 1.29 is 14.3 Å². The van der Waals surface area contributed by atoms with E-state index in [-0.39, 0.29) is 18.4 Å². The number of hydrogen-bond donors (Lipinski definition) is 3. The number of hydrogen-bond acceptors (Lipinski definition) is 4. The van der Waals surface area contributed by atoms with Gasteiger partial charge in [-0.2, -0.15) is 0 Å². The molecule has 0 aliphatic rings. The van der Waals surface area contributed by atoms with Gasteiger partial charge in [0.25, 0.3) is 0 Å². The minimum Gasteiger partial charge on any atom is -0.487 e. The van der Waals surface area contributed by atoms with Crippen molar-refractivity contribution in [3.8, 4) is 5.75 Å². The molecule has 32 heavy (non-hydrogen) atoms. The van der Waals surface area contributed by atoms with Crippen molar-refractivity contribution in [3.05, 3.63) is 97.1 Å². The maximum absolute atomic E-state index is 12.3. The summed E-state index contributed by atoms with van der Waals surface area (Å²) < 4.78 is 5.55. The molecule has 3 rings (SSSR count). The van der Waals surface area contributed by atoms with E-state index in [0.717, 1.165) is 11.3 Å². The van der Waals surface area contributed by atoms with Gasteiger partial charge in [-0.15, -0.1) is 0 Å². The zero-order chi connectivity index (χ0) is 22.6. The number of anilines is 3. The van der Waals surface area contributed by atoms with Crippen LogP contribution < -0.4 is 20.7 Å². The molecule has 0 saturated carbocycles. The summed E-state index contributed by atoms with van der Waals surface area (Å²) in [7, 11) is 0. The molecular weight excluding hydrogens is 402 g/mol. The number of rotatable bonds is 11. The second-order valence-corrected chi connectivity index (χ2v) is 7.11. The molecule has 0 heterocycles. The molecule has 6 heteroatoms. The van der Waals surface area contributed by atoms with Crippen molar-refractivity contribution in [1.82, 2.24) is 0 Å². The summed E-state index contributed by atoms with van der Waals surface area (Å²) in [4.78, 5) is 24.5. The summed E-state index contributed by atoms with van der Waals surface area (Å²) in [5.41, 5.74) is 3.23. The van der Waals surface area contributed by atoms with Crippen LogP contribution in [0.3, 0.4) is 0 Å². The molecule has 0 unspecified atom stereocenters. The van der Waals surface area contributed by atoms with Gasteiger partial charge in [-0.1, -0.05) is 55.1 Å². The Kier molecular flexibility index (Phi) is 8.45. The molecule has 3 aromatic rings. The molecule has 0 radical (unpaired) electrons. The molecule has 0 saturated heterocycles. The molecule has 0 aromatic heterocycles. The Hall–Kier alpha value is -4.06. The molecular formula is C26H27N3O3. The Morgan fingerprint density at radius 1 is 0.812 bits per heavy atom. The van der Waals surface area contributed by atoms with Crippen LogP contribution in [0.25, 0.3) is 0 Å². The molecule has 2 amide bonds. The fraction of sp³-hybridized carbons (Fsp3) is 0.154. The molecule has 164 valence electrons. The van der Waals surface area contributed by atoms with Crippen LogP contribution in [-0.2, 0) is 16.0 Å². The smallest absolute Gasteiger partial charge is 0.243 e. The SMILES string of the molecule is C=CCOc1ccccc1NC(=O)CNc1ccc(NC(=O)CCc2ccccc2)cc1. The predicted octanol–water partition coefficient (Wildman–Crippen LogP) is 4.87. The van der Waals surface area contributed by atoms with E-state index in [1.807, 2.05) is 54.6 Å². The molecule has 6 nitrogen and oxygen atoms in total. The van der Waals surface area contributed by atoms with Gasteiger partial charge in [0.1, 0.15) is 12.4 Å². The van der Waals surface area contributed by atoms with Gasteiger partial charge in [-0.05, 0) is 48.4 Å². The highest BCUT2D eigenvalue weighted by Crippen LogP contribution is 2.23. The highest BCUT2D eigenvalue weighted by Gasteiger charge is 2.08. The van der Waals surface area contributed by atoms with E-state index in [2.05, 4.69) is 22.5 Å². The number of nitrogens with one attached hydrogen (secondary N) is 3. The zero-order valence-electron chi connectivity index (χ0n) is 17.8.